The normalized spacial score (nSPS) is 16.9. The summed E-state index contributed by atoms with van der Waals surface area (Å²) in [5.74, 6) is 0.282. The molecule has 9 nitrogen and oxygen atoms in total. The van der Waals surface area contributed by atoms with Gasteiger partial charge in [-0.15, -0.1) is 0 Å². The lowest BCUT2D eigenvalue weighted by atomic mass is 10.2. The minimum atomic E-state index is -0.642. The summed E-state index contributed by atoms with van der Waals surface area (Å²) in [7, 11) is 0. The Bertz CT molecular complexity index is 1050. The number of ether oxygens (including phenoxy) is 2. The fourth-order valence-electron chi connectivity index (χ4n) is 2.98. The van der Waals surface area contributed by atoms with Crippen LogP contribution in [0.1, 0.15) is 30.1 Å². The first-order valence-corrected chi connectivity index (χ1v) is 8.25. The minimum Gasteiger partial charge on any atom is -0.488 e. The topological polar surface area (TPSA) is 125 Å². The van der Waals surface area contributed by atoms with Gasteiger partial charge in [0.15, 0.2) is 5.65 Å². The van der Waals surface area contributed by atoms with E-state index in [0.717, 1.165) is 6.42 Å². The molecule has 0 saturated carbocycles. The van der Waals surface area contributed by atoms with Crippen molar-refractivity contribution in [3.8, 4) is 17.4 Å². The lowest BCUT2D eigenvalue weighted by molar-refractivity contribution is 0.0994. The van der Waals surface area contributed by atoms with E-state index in [1.54, 1.807) is 12.3 Å². The quantitative estimate of drug-likeness (QED) is 0.674. The highest BCUT2D eigenvalue weighted by Crippen LogP contribution is 2.27. The van der Waals surface area contributed by atoms with Crippen molar-refractivity contribution in [2.75, 3.05) is 6.61 Å². The van der Waals surface area contributed by atoms with Crippen LogP contribution in [-0.2, 0) is 0 Å². The lowest BCUT2D eigenvalue weighted by Gasteiger charge is -2.18. The van der Waals surface area contributed by atoms with Crippen LogP contribution in [0.4, 0.5) is 0 Å². The summed E-state index contributed by atoms with van der Waals surface area (Å²) in [6.07, 6.45) is 2.92. The van der Waals surface area contributed by atoms with E-state index in [9.17, 15) is 9.59 Å². The zero-order valence-electron chi connectivity index (χ0n) is 14.1. The average molecular weight is 355 g/mol. The molecular formula is C17H17N5O4. The molecule has 3 aromatic rings. The van der Waals surface area contributed by atoms with E-state index >= 15 is 0 Å². The molecule has 0 aromatic carbocycles. The van der Waals surface area contributed by atoms with Gasteiger partial charge in [0.1, 0.15) is 22.6 Å². The summed E-state index contributed by atoms with van der Waals surface area (Å²) < 4.78 is 13.0. The van der Waals surface area contributed by atoms with E-state index in [1.807, 2.05) is 6.92 Å². The van der Waals surface area contributed by atoms with Crippen LogP contribution in [0.15, 0.2) is 29.2 Å². The summed E-state index contributed by atoms with van der Waals surface area (Å²) in [5, 5.41) is 0. The molecule has 0 unspecified atom stereocenters. The van der Waals surface area contributed by atoms with Crippen molar-refractivity contribution in [2.24, 2.45) is 5.73 Å². The SMILES string of the molecule is C[C@@H]1CCCOc2nc(ccc2C(N)=O)-n2c(=O)[nH]c3nccc(c32)O1. The van der Waals surface area contributed by atoms with Crippen molar-refractivity contribution in [2.45, 2.75) is 25.9 Å². The van der Waals surface area contributed by atoms with Crippen molar-refractivity contribution >= 4 is 17.1 Å². The van der Waals surface area contributed by atoms with Gasteiger partial charge in [-0.3, -0.25) is 9.78 Å². The molecule has 0 fully saturated rings. The molecule has 3 N–H and O–H groups in total. The Morgan fingerprint density at radius 2 is 2.23 bits per heavy atom. The van der Waals surface area contributed by atoms with E-state index in [1.165, 1.54) is 16.7 Å². The molecule has 1 atom stereocenters. The van der Waals surface area contributed by atoms with Crippen molar-refractivity contribution in [3.05, 3.63) is 40.4 Å². The Balaban J connectivity index is 2.01. The zero-order valence-corrected chi connectivity index (χ0v) is 14.1. The second-order valence-electron chi connectivity index (χ2n) is 6.08. The predicted molar refractivity (Wildman–Crippen MR) is 92.8 cm³/mol. The largest absolute Gasteiger partial charge is 0.488 e. The molecule has 1 amide bonds. The number of hydrogen-bond donors (Lipinski definition) is 2. The van der Waals surface area contributed by atoms with Gasteiger partial charge in [0.2, 0.25) is 5.88 Å². The molecule has 1 aliphatic rings. The number of nitrogens with two attached hydrogens (primary N) is 1. The van der Waals surface area contributed by atoms with Gasteiger partial charge < -0.3 is 15.2 Å². The Labute approximate surface area is 147 Å². The maximum Gasteiger partial charge on any atom is 0.333 e. The second-order valence-corrected chi connectivity index (χ2v) is 6.08. The first-order chi connectivity index (χ1) is 12.5. The highest BCUT2D eigenvalue weighted by atomic mass is 16.5. The smallest absolute Gasteiger partial charge is 0.333 e. The summed E-state index contributed by atoms with van der Waals surface area (Å²) in [4.78, 5) is 35.4. The first kappa shape index (κ1) is 16.1. The molecule has 0 radical (unpaired) electrons. The zero-order chi connectivity index (χ0) is 18.3. The van der Waals surface area contributed by atoms with Gasteiger partial charge in [-0.1, -0.05) is 0 Å². The van der Waals surface area contributed by atoms with Gasteiger partial charge in [0, 0.05) is 12.3 Å². The number of hydrogen-bond acceptors (Lipinski definition) is 6. The number of aromatic nitrogens is 4. The average Bonchev–Trinajstić information content (AvgIpc) is 2.94. The fourth-order valence-corrected chi connectivity index (χ4v) is 2.98. The number of carbonyl (C=O) groups is 1. The molecule has 4 heterocycles. The molecule has 9 heteroatoms. The number of pyridine rings is 2. The van der Waals surface area contributed by atoms with Crippen LogP contribution in [0.5, 0.6) is 11.6 Å². The fraction of sp³-hybridized carbons (Fsp3) is 0.294. The summed E-state index contributed by atoms with van der Waals surface area (Å²) in [5.41, 5.74) is 6.02. The number of fused-ring (bicyclic) bond motifs is 3. The number of amides is 1. The van der Waals surface area contributed by atoms with Gasteiger partial charge >= 0.3 is 5.69 Å². The van der Waals surface area contributed by atoms with Gasteiger partial charge in [-0.05, 0) is 31.9 Å². The molecule has 0 aliphatic carbocycles. The highest BCUT2D eigenvalue weighted by molar-refractivity contribution is 5.95. The van der Waals surface area contributed by atoms with Gasteiger partial charge in [0.25, 0.3) is 5.91 Å². The number of imidazole rings is 1. The standard InChI is InChI=1S/C17H17N5O4/c1-9-3-2-8-25-16-10(14(18)23)4-5-12(20-16)22-13-11(26-9)6-7-19-15(13)21-17(22)24/h4-7,9H,2-3,8H2,1H3,(H2,18,23)(H,19,21,24)/t9-/m1/s1. The number of aromatic amines is 1. The number of rotatable bonds is 1. The third kappa shape index (κ3) is 2.67. The van der Waals surface area contributed by atoms with Crippen molar-refractivity contribution < 1.29 is 14.3 Å². The van der Waals surface area contributed by atoms with Crippen LogP contribution in [0.3, 0.4) is 0 Å². The maximum absolute atomic E-state index is 12.5. The molecule has 3 aromatic heterocycles. The number of primary amides is 1. The Morgan fingerprint density at radius 1 is 1.38 bits per heavy atom. The van der Waals surface area contributed by atoms with E-state index in [4.69, 9.17) is 15.2 Å². The van der Waals surface area contributed by atoms with Crippen LogP contribution in [0.2, 0.25) is 0 Å². The molecule has 1 aliphatic heterocycles. The van der Waals surface area contributed by atoms with E-state index in [0.29, 0.717) is 29.9 Å². The predicted octanol–water partition coefficient (Wildman–Crippen LogP) is 1.15. The summed E-state index contributed by atoms with van der Waals surface area (Å²) >= 11 is 0. The number of nitrogens with one attached hydrogen (secondary N) is 1. The molecule has 0 saturated heterocycles. The first-order valence-electron chi connectivity index (χ1n) is 8.25. The summed E-state index contributed by atoms with van der Waals surface area (Å²) in [6.45, 7) is 2.30. The van der Waals surface area contributed by atoms with Crippen LogP contribution in [0, 0.1) is 0 Å². The molecular weight excluding hydrogens is 338 g/mol. The second kappa shape index (κ2) is 6.17. The third-order valence-electron chi connectivity index (χ3n) is 4.20. The van der Waals surface area contributed by atoms with E-state index < -0.39 is 11.6 Å². The van der Waals surface area contributed by atoms with Gasteiger partial charge in [-0.2, -0.15) is 4.98 Å². The molecule has 2 bridgehead atoms. The van der Waals surface area contributed by atoms with Crippen molar-refractivity contribution in [3.63, 3.8) is 0 Å². The number of H-pyrrole nitrogens is 1. The molecule has 4 rings (SSSR count). The number of nitrogens with zero attached hydrogens (tertiary/aromatic N) is 3. The highest BCUT2D eigenvalue weighted by Gasteiger charge is 2.20. The van der Waals surface area contributed by atoms with Gasteiger partial charge in [-0.25, -0.2) is 14.3 Å². The van der Waals surface area contributed by atoms with Crippen LogP contribution >= 0.6 is 0 Å². The van der Waals surface area contributed by atoms with Crippen molar-refractivity contribution in [1.29, 1.82) is 0 Å². The third-order valence-corrected chi connectivity index (χ3v) is 4.20. The van der Waals surface area contributed by atoms with Crippen molar-refractivity contribution in [1.82, 2.24) is 19.5 Å². The van der Waals surface area contributed by atoms with E-state index in [2.05, 4.69) is 15.0 Å². The molecule has 26 heavy (non-hydrogen) atoms. The Morgan fingerprint density at radius 3 is 3.04 bits per heavy atom. The Kier molecular flexibility index (Phi) is 3.83. The Hall–Kier alpha value is -3.36. The lowest BCUT2D eigenvalue weighted by Crippen LogP contribution is -2.21. The van der Waals surface area contributed by atoms with Gasteiger partial charge in [0.05, 0.1) is 12.7 Å². The van der Waals surface area contributed by atoms with E-state index in [-0.39, 0.29) is 23.4 Å². The monoisotopic (exact) mass is 355 g/mol. The van der Waals surface area contributed by atoms with Crippen LogP contribution in [-0.4, -0.2) is 38.1 Å². The van der Waals surface area contributed by atoms with Crippen LogP contribution in [0.25, 0.3) is 17.0 Å². The number of carbonyl (C=O) groups excluding carboxylic acids is 1. The maximum atomic E-state index is 12.5. The molecule has 0 spiro atoms. The summed E-state index contributed by atoms with van der Waals surface area (Å²) in [6, 6.07) is 4.74. The molecule has 134 valence electrons. The van der Waals surface area contributed by atoms with Crippen LogP contribution < -0.4 is 20.9 Å². The minimum absolute atomic E-state index is 0.0935.